The quantitative estimate of drug-likeness (QED) is 0.793. The summed E-state index contributed by atoms with van der Waals surface area (Å²) >= 11 is 5.82. The number of anilines is 2. The van der Waals surface area contributed by atoms with E-state index >= 15 is 0 Å². The van der Waals surface area contributed by atoms with E-state index in [1.54, 1.807) is 18.2 Å². The Bertz CT molecular complexity index is 439. The smallest absolute Gasteiger partial charge is 0.230 e. The third-order valence-electron chi connectivity index (χ3n) is 3.52. The van der Waals surface area contributed by atoms with Gasteiger partial charge in [-0.15, -0.1) is 0 Å². The maximum Gasteiger partial charge on any atom is 0.230 e. The number of hydrogen-bond donors (Lipinski definition) is 2. The molecule has 0 heterocycles. The van der Waals surface area contributed by atoms with Gasteiger partial charge in [-0.3, -0.25) is 4.79 Å². The van der Waals surface area contributed by atoms with Gasteiger partial charge in [-0.25, -0.2) is 0 Å². The van der Waals surface area contributed by atoms with Crippen LogP contribution in [0, 0.1) is 5.41 Å². The van der Waals surface area contributed by atoms with Crippen molar-refractivity contribution in [3.8, 4) is 0 Å². The molecule has 0 bridgehead atoms. The van der Waals surface area contributed by atoms with Crippen LogP contribution in [0.2, 0.25) is 5.02 Å². The summed E-state index contributed by atoms with van der Waals surface area (Å²) in [6.07, 6.45) is 4.15. The lowest BCUT2D eigenvalue weighted by Crippen LogP contribution is -2.31. The Hall–Kier alpha value is -1.22. The van der Waals surface area contributed by atoms with Gasteiger partial charge in [0.15, 0.2) is 0 Å². The standard InChI is InChI=1S/C13H17ClN2O/c1-13(6-2-3-7-13)12(17)16-11-5-4-9(14)8-10(11)15/h4-5,8H,2-3,6-7,15H2,1H3,(H,16,17). The molecule has 1 amide bonds. The number of nitrogen functional groups attached to an aromatic ring is 1. The lowest BCUT2D eigenvalue weighted by molar-refractivity contribution is -0.124. The molecule has 4 heteroatoms. The van der Waals surface area contributed by atoms with E-state index < -0.39 is 0 Å². The molecule has 0 unspecified atom stereocenters. The number of nitrogens with two attached hydrogens (primary N) is 1. The molecule has 0 atom stereocenters. The molecule has 1 fully saturated rings. The zero-order chi connectivity index (χ0) is 12.5. The zero-order valence-corrected chi connectivity index (χ0v) is 10.7. The predicted octanol–water partition coefficient (Wildman–Crippen LogP) is 3.44. The second-order valence-electron chi connectivity index (χ2n) is 4.95. The summed E-state index contributed by atoms with van der Waals surface area (Å²) in [4.78, 5) is 12.2. The molecule has 17 heavy (non-hydrogen) atoms. The van der Waals surface area contributed by atoms with Crippen LogP contribution in [0.25, 0.3) is 0 Å². The number of carbonyl (C=O) groups is 1. The summed E-state index contributed by atoms with van der Waals surface area (Å²) in [7, 11) is 0. The van der Waals surface area contributed by atoms with E-state index in [4.69, 9.17) is 17.3 Å². The first-order valence-electron chi connectivity index (χ1n) is 5.88. The molecule has 1 saturated carbocycles. The fourth-order valence-corrected chi connectivity index (χ4v) is 2.48. The molecular formula is C13H17ClN2O. The zero-order valence-electron chi connectivity index (χ0n) is 9.92. The molecule has 3 nitrogen and oxygen atoms in total. The average Bonchev–Trinajstić information content (AvgIpc) is 2.71. The molecule has 1 aromatic rings. The van der Waals surface area contributed by atoms with E-state index in [2.05, 4.69) is 5.32 Å². The summed E-state index contributed by atoms with van der Waals surface area (Å²) < 4.78 is 0. The normalized spacial score (nSPS) is 18.0. The molecule has 3 N–H and O–H groups in total. The van der Waals surface area contributed by atoms with Crippen molar-refractivity contribution in [2.24, 2.45) is 5.41 Å². The van der Waals surface area contributed by atoms with Crippen LogP contribution in [0.5, 0.6) is 0 Å². The Morgan fingerprint density at radius 1 is 1.41 bits per heavy atom. The van der Waals surface area contributed by atoms with Crippen molar-refractivity contribution in [3.63, 3.8) is 0 Å². The van der Waals surface area contributed by atoms with Crippen molar-refractivity contribution in [1.29, 1.82) is 0 Å². The molecule has 1 aromatic carbocycles. The van der Waals surface area contributed by atoms with Gasteiger partial charge in [0, 0.05) is 10.4 Å². The highest BCUT2D eigenvalue weighted by atomic mass is 35.5. The van der Waals surface area contributed by atoms with Crippen molar-refractivity contribution < 1.29 is 4.79 Å². The highest BCUT2D eigenvalue weighted by Crippen LogP contribution is 2.38. The maximum atomic E-state index is 12.2. The van der Waals surface area contributed by atoms with Gasteiger partial charge in [-0.2, -0.15) is 0 Å². The third-order valence-corrected chi connectivity index (χ3v) is 3.75. The van der Waals surface area contributed by atoms with Gasteiger partial charge in [-0.1, -0.05) is 31.4 Å². The van der Waals surface area contributed by atoms with Crippen LogP contribution in [0.1, 0.15) is 32.6 Å². The van der Waals surface area contributed by atoms with Crippen molar-refractivity contribution >= 4 is 28.9 Å². The predicted molar refractivity (Wildman–Crippen MR) is 71.1 cm³/mol. The summed E-state index contributed by atoms with van der Waals surface area (Å²) in [6, 6.07) is 5.12. The summed E-state index contributed by atoms with van der Waals surface area (Å²) in [6.45, 7) is 2.02. The number of carbonyl (C=O) groups excluding carboxylic acids is 1. The van der Waals surface area contributed by atoms with E-state index in [0.29, 0.717) is 16.4 Å². The maximum absolute atomic E-state index is 12.2. The van der Waals surface area contributed by atoms with E-state index in [0.717, 1.165) is 25.7 Å². The minimum Gasteiger partial charge on any atom is -0.397 e. The summed E-state index contributed by atoms with van der Waals surface area (Å²) in [5.74, 6) is 0.0593. The molecule has 0 radical (unpaired) electrons. The minimum atomic E-state index is -0.244. The first-order valence-corrected chi connectivity index (χ1v) is 6.25. The van der Waals surface area contributed by atoms with Crippen LogP contribution < -0.4 is 11.1 Å². The van der Waals surface area contributed by atoms with E-state index in [-0.39, 0.29) is 11.3 Å². The van der Waals surface area contributed by atoms with Crippen molar-refractivity contribution in [1.82, 2.24) is 0 Å². The molecule has 0 aliphatic heterocycles. The number of hydrogen-bond acceptors (Lipinski definition) is 2. The molecule has 0 spiro atoms. The number of nitrogens with one attached hydrogen (secondary N) is 1. The highest BCUT2D eigenvalue weighted by Gasteiger charge is 2.36. The molecule has 1 aliphatic rings. The number of amides is 1. The van der Waals surface area contributed by atoms with Gasteiger partial charge in [0.1, 0.15) is 0 Å². The van der Waals surface area contributed by atoms with Crippen LogP contribution in [-0.2, 0) is 4.79 Å². The summed E-state index contributed by atoms with van der Waals surface area (Å²) in [5, 5.41) is 3.47. The third kappa shape index (κ3) is 2.55. The first kappa shape index (κ1) is 12.2. The van der Waals surface area contributed by atoms with Gasteiger partial charge >= 0.3 is 0 Å². The van der Waals surface area contributed by atoms with Gasteiger partial charge < -0.3 is 11.1 Å². The van der Waals surface area contributed by atoms with Crippen LogP contribution in [0.15, 0.2) is 18.2 Å². The largest absolute Gasteiger partial charge is 0.397 e. The van der Waals surface area contributed by atoms with Crippen molar-refractivity contribution in [2.75, 3.05) is 11.1 Å². The first-order chi connectivity index (χ1) is 8.01. The van der Waals surface area contributed by atoms with Gasteiger partial charge in [0.05, 0.1) is 11.4 Å². The molecule has 2 rings (SSSR count). The molecular weight excluding hydrogens is 236 g/mol. The molecule has 0 saturated heterocycles. The lowest BCUT2D eigenvalue weighted by atomic mass is 9.88. The van der Waals surface area contributed by atoms with Gasteiger partial charge in [-0.05, 0) is 31.0 Å². The monoisotopic (exact) mass is 252 g/mol. The van der Waals surface area contributed by atoms with Crippen LogP contribution in [0.3, 0.4) is 0 Å². The van der Waals surface area contributed by atoms with E-state index in [1.165, 1.54) is 0 Å². The topological polar surface area (TPSA) is 55.1 Å². The Balaban J connectivity index is 2.13. The Morgan fingerprint density at radius 2 is 2.06 bits per heavy atom. The van der Waals surface area contributed by atoms with Crippen molar-refractivity contribution in [3.05, 3.63) is 23.2 Å². The minimum absolute atomic E-state index is 0.0593. The second kappa shape index (κ2) is 4.57. The Labute approximate surface area is 106 Å². The SMILES string of the molecule is CC1(C(=O)Nc2ccc(Cl)cc2N)CCCC1. The van der Waals surface area contributed by atoms with Gasteiger partial charge in [0.2, 0.25) is 5.91 Å². The van der Waals surface area contributed by atoms with E-state index in [9.17, 15) is 4.79 Å². The molecule has 0 aromatic heterocycles. The summed E-state index contributed by atoms with van der Waals surface area (Å²) in [5.41, 5.74) is 6.72. The van der Waals surface area contributed by atoms with Gasteiger partial charge in [0.25, 0.3) is 0 Å². The van der Waals surface area contributed by atoms with Crippen LogP contribution >= 0.6 is 11.6 Å². The average molecular weight is 253 g/mol. The second-order valence-corrected chi connectivity index (χ2v) is 5.39. The van der Waals surface area contributed by atoms with Crippen LogP contribution in [0.4, 0.5) is 11.4 Å². The molecule has 1 aliphatic carbocycles. The number of rotatable bonds is 2. The lowest BCUT2D eigenvalue weighted by Gasteiger charge is -2.22. The van der Waals surface area contributed by atoms with Crippen LogP contribution in [-0.4, -0.2) is 5.91 Å². The van der Waals surface area contributed by atoms with E-state index in [1.807, 2.05) is 6.92 Å². The van der Waals surface area contributed by atoms with Crippen molar-refractivity contribution in [2.45, 2.75) is 32.6 Å². The number of benzene rings is 1. The molecule has 92 valence electrons. The Morgan fingerprint density at radius 3 is 2.65 bits per heavy atom. The fraction of sp³-hybridized carbons (Fsp3) is 0.462. The fourth-order valence-electron chi connectivity index (χ4n) is 2.30. The number of halogens is 1. The highest BCUT2D eigenvalue weighted by molar-refractivity contribution is 6.31. The Kier molecular flexibility index (Phi) is 3.29.